The predicted molar refractivity (Wildman–Crippen MR) is 111 cm³/mol. The highest BCUT2D eigenvalue weighted by molar-refractivity contribution is 5.92. The van der Waals surface area contributed by atoms with Gasteiger partial charge >= 0.3 is 0 Å². The zero-order valence-corrected chi connectivity index (χ0v) is 16.3. The molecule has 2 aromatic heterocycles. The minimum Gasteiger partial charge on any atom is -0.353 e. The third-order valence-electron chi connectivity index (χ3n) is 4.90. The fourth-order valence-electron chi connectivity index (χ4n) is 3.21. The van der Waals surface area contributed by atoms with E-state index in [-0.39, 0.29) is 5.91 Å². The molecule has 1 aromatic carbocycles. The molecule has 1 N–H and O–H groups in total. The van der Waals surface area contributed by atoms with Gasteiger partial charge in [-0.05, 0) is 18.6 Å². The summed E-state index contributed by atoms with van der Waals surface area (Å²) in [4.78, 5) is 33.9. The Morgan fingerprint density at radius 3 is 2.38 bits per heavy atom. The van der Waals surface area contributed by atoms with Crippen LogP contribution in [0.2, 0.25) is 0 Å². The van der Waals surface area contributed by atoms with Gasteiger partial charge in [0.15, 0.2) is 0 Å². The molecule has 0 bridgehead atoms. The smallest absolute Gasteiger partial charge is 0.270 e. The largest absolute Gasteiger partial charge is 0.353 e. The van der Waals surface area contributed by atoms with Crippen LogP contribution in [0.5, 0.6) is 0 Å². The Balaban J connectivity index is 1.36. The average Bonchev–Trinajstić information content (AvgIpc) is 2.79. The van der Waals surface area contributed by atoms with Gasteiger partial charge in [-0.25, -0.2) is 19.9 Å². The van der Waals surface area contributed by atoms with Gasteiger partial charge in [0, 0.05) is 51.2 Å². The summed E-state index contributed by atoms with van der Waals surface area (Å²) in [6.45, 7) is 5.65. The summed E-state index contributed by atoms with van der Waals surface area (Å²) in [6, 6.07) is 11.6. The Morgan fingerprint density at radius 2 is 1.66 bits per heavy atom. The van der Waals surface area contributed by atoms with E-state index in [1.54, 1.807) is 18.5 Å². The lowest BCUT2D eigenvalue weighted by Gasteiger charge is -2.35. The maximum absolute atomic E-state index is 12.5. The first kappa shape index (κ1) is 18.8. The molecule has 0 atom stereocenters. The van der Waals surface area contributed by atoms with Crippen molar-refractivity contribution in [3.8, 4) is 0 Å². The van der Waals surface area contributed by atoms with Crippen LogP contribution in [0.4, 0.5) is 11.8 Å². The highest BCUT2D eigenvalue weighted by atomic mass is 16.1. The third-order valence-corrected chi connectivity index (χ3v) is 4.90. The van der Waals surface area contributed by atoms with Crippen molar-refractivity contribution in [3.63, 3.8) is 0 Å². The molecule has 1 amide bonds. The molecule has 0 spiro atoms. The molecule has 0 saturated carbocycles. The molecule has 0 aliphatic carbocycles. The van der Waals surface area contributed by atoms with Crippen LogP contribution in [0.1, 0.15) is 21.6 Å². The van der Waals surface area contributed by atoms with E-state index in [2.05, 4.69) is 35.1 Å². The van der Waals surface area contributed by atoms with Crippen molar-refractivity contribution < 1.29 is 4.79 Å². The van der Waals surface area contributed by atoms with Crippen LogP contribution in [-0.4, -0.2) is 52.0 Å². The molecule has 1 aliphatic heterocycles. The Bertz CT molecular complexity index is 954. The Morgan fingerprint density at radius 1 is 0.966 bits per heavy atom. The number of piperazine rings is 1. The summed E-state index contributed by atoms with van der Waals surface area (Å²) in [6.07, 6.45) is 4.95. The number of nitrogens with zero attached hydrogens (tertiary/aromatic N) is 6. The lowest BCUT2D eigenvalue weighted by Crippen LogP contribution is -2.47. The van der Waals surface area contributed by atoms with Gasteiger partial charge in [-0.2, -0.15) is 0 Å². The van der Waals surface area contributed by atoms with Crippen LogP contribution in [0.25, 0.3) is 0 Å². The first-order chi connectivity index (χ1) is 14.2. The summed E-state index contributed by atoms with van der Waals surface area (Å²) >= 11 is 0. The lowest BCUT2D eigenvalue weighted by atomic mass is 10.1. The molecule has 1 aliphatic rings. The summed E-state index contributed by atoms with van der Waals surface area (Å²) < 4.78 is 0. The van der Waals surface area contributed by atoms with Crippen molar-refractivity contribution in [1.82, 2.24) is 25.3 Å². The van der Waals surface area contributed by atoms with Crippen LogP contribution in [-0.2, 0) is 6.54 Å². The van der Waals surface area contributed by atoms with Crippen LogP contribution in [0.15, 0.2) is 55.1 Å². The number of nitrogens with one attached hydrogen (secondary N) is 1. The fourth-order valence-corrected chi connectivity index (χ4v) is 3.21. The number of amides is 1. The first-order valence-corrected chi connectivity index (χ1v) is 9.62. The number of carbonyl (C=O) groups is 1. The third kappa shape index (κ3) is 4.66. The Kier molecular flexibility index (Phi) is 5.60. The van der Waals surface area contributed by atoms with E-state index in [1.165, 1.54) is 11.9 Å². The van der Waals surface area contributed by atoms with Crippen molar-refractivity contribution in [1.29, 1.82) is 0 Å². The van der Waals surface area contributed by atoms with E-state index < -0.39 is 0 Å². The zero-order valence-electron chi connectivity index (χ0n) is 16.3. The quantitative estimate of drug-likeness (QED) is 0.712. The Hall–Kier alpha value is -3.55. The van der Waals surface area contributed by atoms with Crippen molar-refractivity contribution >= 4 is 17.7 Å². The lowest BCUT2D eigenvalue weighted by molar-refractivity contribution is 0.0945. The topological polar surface area (TPSA) is 87.1 Å². The number of carbonyl (C=O) groups excluding carboxylic acids is 1. The molecule has 8 nitrogen and oxygen atoms in total. The number of aryl methyl sites for hydroxylation is 1. The van der Waals surface area contributed by atoms with Crippen LogP contribution in [0, 0.1) is 6.92 Å². The van der Waals surface area contributed by atoms with Gasteiger partial charge in [-0.1, -0.05) is 29.8 Å². The van der Waals surface area contributed by atoms with Gasteiger partial charge < -0.3 is 15.1 Å². The second kappa shape index (κ2) is 8.64. The summed E-state index contributed by atoms with van der Waals surface area (Å²) in [5.74, 6) is 1.30. The highest BCUT2D eigenvalue weighted by Crippen LogP contribution is 2.16. The van der Waals surface area contributed by atoms with Crippen molar-refractivity contribution in [2.24, 2.45) is 0 Å². The molecular weight excluding hydrogens is 366 g/mol. The molecule has 8 heteroatoms. The molecule has 0 unspecified atom stereocenters. The number of hydrogen-bond donors (Lipinski definition) is 1. The van der Waals surface area contributed by atoms with Gasteiger partial charge in [-0.3, -0.25) is 4.79 Å². The minimum atomic E-state index is -0.203. The average molecular weight is 389 g/mol. The van der Waals surface area contributed by atoms with Gasteiger partial charge in [0.05, 0.1) is 0 Å². The molecule has 29 heavy (non-hydrogen) atoms. The highest BCUT2D eigenvalue weighted by Gasteiger charge is 2.20. The van der Waals surface area contributed by atoms with E-state index in [1.807, 2.05) is 37.3 Å². The van der Waals surface area contributed by atoms with E-state index >= 15 is 0 Å². The molecule has 4 rings (SSSR count). The molecule has 1 fully saturated rings. The van der Waals surface area contributed by atoms with E-state index in [9.17, 15) is 4.79 Å². The molecule has 3 aromatic rings. The standard InChI is InChI=1S/C21H23N7O/c1-16-3-5-17(6-4-16)14-24-20(29)18-13-19(26-15-25-18)27-9-11-28(12-10-27)21-22-7-2-8-23-21/h2-8,13,15H,9-12,14H2,1H3,(H,24,29). The van der Waals surface area contributed by atoms with E-state index in [0.717, 1.165) is 43.5 Å². The maximum atomic E-state index is 12.5. The molecule has 148 valence electrons. The molecule has 1 saturated heterocycles. The first-order valence-electron chi connectivity index (χ1n) is 9.62. The molecule has 3 heterocycles. The second-order valence-electron chi connectivity index (χ2n) is 6.95. The van der Waals surface area contributed by atoms with Gasteiger partial charge in [-0.15, -0.1) is 0 Å². The number of hydrogen-bond acceptors (Lipinski definition) is 7. The van der Waals surface area contributed by atoms with Crippen LogP contribution in [0.3, 0.4) is 0 Å². The predicted octanol–water partition coefficient (Wildman–Crippen LogP) is 1.83. The van der Waals surface area contributed by atoms with Gasteiger partial charge in [0.2, 0.25) is 5.95 Å². The molecule has 0 radical (unpaired) electrons. The van der Waals surface area contributed by atoms with Crippen LogP contribution < -0.4 is 15.1 Å². The maximum Gasteiger partial charge on any atom is 0.270 e. The molecular formula is C21H23N7O. The van der Waals surface area contributed by atoms with Gasteiger partial charge in [0.25, 0.3) is 5.91 Å². The fraction of sp³-hybridized carbons (Fsp3) is 0.286. The van der Waals surface area contributed by atoms with E-state index in [0.29, 0.717) is 12.2 Å². The summed E-state index contributed by atoms with van der Waals surface area (Å²) in [5.41, 5.74) is 2.62. The van der Waals surface area contributed by atoms with Gasteiger partial charge in [0.1, 0.15) is 17.8 Å². The number of aromatic nitrogens is 4. The SMILES string of the molecule is Cc1ccc(CNC(=O)c2cc(N3CCN(c4ncccn4)CC3)ncn2)cc1. The second-order valence-corrected chi connectivity index (χ2v) is 6.95. The summed E-state index contributed by atoms with van der Waals surface area (Å²) in [7, 11) is 0. The van der Waals surface area contributed by atoms with Crippen molar-refractivity contribution in [2.45, 2.75) is 13.5 Å². The zero-order chi connectivity index (χ0) is 20.1. The van der Waals surface area contributed by atoms with Crippen molar-refractivity contribution in [3.05, 3.63) is 71.9 Å². The summed E-state index contributed by atoms with van der Waals surface area (Å²) in [5, 5.41) is 2.92. The number of anilines is 2. The normalized spacial score (nSPS) is 14.0. The number of benzene rings is 1. The minimum absolute atomic E-state index is 0.203. The van der Waals surface area contributed by atoms with E-state index in [4.69, 9.17) is 0 Å². The van der Waals surface area contributed by atoms with Crippen LogP contribution >= 0.6 is 0 Å². The monoisotopic (exact) mass is 389 g/mol. The number of rotatable bonds is 5. The Labute approximate surface area is 169 Å². The van der Waals surface area contributed by atoms with Crippen molar-refractivity contribution in [2.75, 3.05) is 36.0 Å².